The van der Waals surface area contributed by atoms with E-state index in [1.54, 1.807) is 31.2 Å². The lowest BCUT2D eigenvalue weighted by Crippen LogP contribution is -2.14. The second kappa shape index (κ2) is 5.79. The van der Waals surface area contributed by atoms with Crippen molar-refractivity contribution >= 4 is 27.8 Å². The summed E-state index contributed by atoms with van der Waals surface area (Å²) in [5.74, 6) is 0.368. The average Bonchev–Trinajstić information content (AvgIpc) is 2.38. The first kappa shape index (κ1) is 13.5. The van der Waals surface area contributed by atoms with E-state index in [0.29, 0.717) is 11.4 Å². The standard InChI is InChI=1S/C13H12BrN3O2/c1-8-6-11(19-2)16-13(15-8)17-12(18)9-4-3-5-10(14)7-9/h3-7H,1-2H3,(H,15,16,17,18). The number of ether oxygens (including phenoxy) is 1. The predicted molar refractivity (Wildman–Crippen MR) is 75.4 cm³/mol. The van der Waals surface area contributed by atoms with Gasteiger partial charge in [0.2, 0.25) is 11.8 Å². The maximum Gasteiger partial charge on any atom is 0.258 e. The zero-order valence-electron chi connectivity index (χ0n) is 10.5. The zero-order valence-corrected chi connectivity index (χ0v) is 12.1. The van der Waals surface area contributed by atoms with E-state index in [9.17, 15) is 4.79 Å². The van der Waals surface area contributed by atoms with Crippen molar-refractivity contribution < 1.29 is 9.53 Å². The van der Waals surface area contributed by atoms with Gasteiger partial charge in [-0.2, -0.15) is 4.98 Å². The van der Waals surface area contributed by atoms with Gasteiger partial charge in [0.05, 0.1) is 7.11 Å². The van der Waals surface area contributed by atoms with Gasteiger partial charge in [0.25, 0.3) is 5.91 Å². The highest BCUT2D eigenvalue weighted by Crippen LogP contribution is 2.14. The molecule has 0 saturated heterocycles. The number of amides is 1. The number of hydrogen-bond acceptors (Lipinski definition) is 4. The third-order valence-electron chi connectivity index (χ3n) is 2.35. The Kier molecular flexibility index (Phi) is 4.11. The van der Waals surface area contributed by atoms with E-state index in [-0.39, 0.29) is 11.9 Å². The Labute approximate surface area is 119 Å². The van der Waals surface area contributed by atoms with Crippen LogP contribution < -0.4 is 10.1 Å². The fraction of sp³-hybridized carbons (Fsp3) is 0.154. The SMILES string of the molecule is COc1cc(C)nc(NC(=O)c2cccc(Br)c2)n1. The van der Waals surface area contributed by atoms with Gasteiger partial charge in [-0.05, 0) is 25.1 Å². The molecular formula is C13H12BrN3O2. The van der Waals surface area contributed by atoms with E-state index in [1.165, 1.54) is 7.11 Å². The molecule has 2 aromatic rings. The number of carbonyl (C=O) groups is 1. The molecule has 0 unspecified atom stereocenters. The van der Waals surface area contributed by atoms with Crippen molar-refractivity contribution in [2.45, 2.75) is 6.92 Å². The molecule has 2 rings (SSSR count). The average molecular weight is 322 g/mol. The lowest BCUT2D eigenvalue weighted by Gasteiger charge is -2.06. The van der Waals surface area contributed by atoms with Crippen LogP contribution in [0.1, 0.15) is 16.1 Å². The summed E-state index contributed by atoms with van der Waals surface area (Å²) >= 11 is 3.32. The highest BCUT2D eigenvalue weighted by Gasteiger charge is 2.09. The van der Waals surface area contributed by atoms with Crippen molar-refractivity contribution in [2.75, 3.05) is 12.4 Å². The van der Waals surface area contributed by atoms with Gasteiger partial charge in [-0.3, -0.25) is 10.1 Å². The van der Waals surface area contributed by atoms with Crippen LogP contribution in [0.2, 0.25) is 0 Å². The number of nitrogens with one attached hydrogen (secondary N) is 1. The van der Waals surface area contributed by atoms with Gasteiger partial charge in [0.15, 0.2) is 0 Å². The second-order valence-corrected chi connectivity index (χ2v) is 4.76. The molecule has 0 saturated carbocycles. The Morgan fingerprint density at radius 2 is 2.11 bits per heavy atom. The van der Waals surface area contributed by atoms with E-state index < -0.39 is 0 Å². The number of nitrogens with zero attached hydrogens (tertiary/aromatic N) is 2. The smallest absolute Gasteiger partial charge is 0.258 e. The van der Waals surface area contributed by atoms with Crippen LogP contribution in [-0.4, -0.2) is 23.0 Å². The number of aromatic nitrogens is 2. The van der Waals surface area contributed by atoms with Crippen molar-refractivity contribution in [3.05, 3.63) is 46.1 Å². The summed E-state index contributed by atoms with van der Waals surface area (Å²) in [6.07, 6.45) is 0. The van der Waals surface area contributed by atoms with Crippen LogP contribution in [0.5, 0.6) is 5.88 Å². The summed E-state index contributed by atoms with van der Waals surface area (Å²) in [5.41, 5.74) is 1.25. The van der Waals surface area contributed by atoms with Crippen LogP contribution in [-0.2, 0) is 0 Å². The molecule has 0 bridgehead atoms. The first-order valence-electron chi connectivity index (χ1n) is 5.55. The number of rotatable bonds is 3. The highest BCUT2D eigenvalue weighted by molar-refractivity contribution is 9.10. The minimum atomic E-state index is -0.269. The lowest BCUT2D eigenvalue weighted by atomic mass is 10.2. The first-order chi connectivity index (χ1) is 9.08. The minimum Gasteiger partial charge on any atom is -0.481 e. The molecule has 0 fully saturated rings. The van der Waals surface area contributed by atoms with Gasteiger partial charge in [-0.25, -0.2) is 4.98 Å². The van der Waals surface area contributed by atoms with Gasteiger partial charge in [0, 0.05) is 21.8 Å². The third-order valence-corrected chi connectivity index (χ3v) is 2.85. The third kappa shape index (κ3) is 3.51. The van der Waals surface area contributed by atoms with Gasteiger partial charge in [-0.15, -0.1) is 0 Å². The Bertz CT molecular complexity index is 617. The minimum absolute atomic E-state index is 0.224. The van der Waals surface area contributed by atoms with E-state index in [0.717, 1.165) is 10.2 Å². The topological polar surface area (TPSA) is 64.1 Å². The van der Waals surface area contributed by atoms with Crippen molar-refractivity contribution in [2.24, 2.45) is 0 Å². The number of benzene rings is 1. The number of hydrogen-bond donors (Lipinski definition) is 1. The first-order valence-corrected chi connectivity index (χ1v) is 6.34. The van der Waals surface area contributed by atoms with E-state index in [2.05, 4.69) is 31.2 Å². The summed E-state index contributed by atoms with van der Waals surface area (Å²) in [5, 5.41) is 2.64. The molecule has 0 aliphatic rings. The molecule has 0 radical (unpaired) electrons. The largest absolute Gasteiger partial charge is 0.481 e. The predicted octanol–water partition coefficient (Wildman–Crippen LogP) is 2.81. The van der Waals surface area contributed by atoms with Crippen molar-refractivity contribution in [3.8, 4) is 5.88 Å². The van der Waals surface area contributed by atoms with Crippen LogP contribution in [0.25, 0.3) is 0 Å². The lowest BCUT2D eigenvalue weighted by molar-refractivity contribution is 0.102. The molecule has 1 aromatic carbocycles. The Balaban J connectivity index is 2.21. The number of anilines is 1. The quantitative estimate of drug-likeness (QED) is 0.944. The molecule has 5 nitrogen and oxygen atoms in total. The molecule has 98 valence electrons. The van der Waals surface area contributed by atoms with Gasteiger partial charge in [0.1, 0.15) is 0 Å². The number of carbonyl (C=O) groups excluding carboxylic acids is 1. The maximum atomic E-state index is 12.0. The molecule has 0 atom stereocenters. The summed E-state index contributed by atoms with van der Waals surface area (Å²) in [6.45, 7) is 1.80. The number of aryl methyl sites for hydroxylation is 1. The van der Waals surface area contributed by atoms with E-state index in [4.69, 9.17) is 4.74 Å². The zero-order chi connectivity index (χ0) is 13.8. The molecule has 1 amide bonds. The summed E-state index contributed by atoms with van der Waals surface area (Å²) in [6, 6.07) is 8.77. The van der Waals surface area contributed by atoms with Crippen molar-refractivity contribution in [1.29, 1.82) is 0 Å². The van der Waals surface area contributed by atoms with E-state index in [1.807, 2.05) is 6.07 Å². The van der Waals surface area contributed by atoms with Gasteiger partial charge in [-0.1, -0.05) is 22.0 Å². The molecule has 1 heterocycles. The maximum absolute atomic E-state index is 12.0. The van der Waals surface area contributed by atoms with Crippen LogP contribution in [0, 0.1) is 6.92 Å². The van der Waals surface area contributed by atoms with Crippen molar-refractivity contribution in [1.82, 2.24) is 9.97 Å². The van der Waals surface area contributed by atoms with Crippen LogP contribution in [0.15, 0.2) is 34.8 Å². The molecule has 0 aliphatic heterocycles. The van der Waals surface area contributed by atoms with E-state index >= 15 is 0 Å². The van der Waals surface area contributed by atoms with Crippen LogP contribution >= 0.6 is 15.9 Å². The fourth-order valence-corrected chi connectivity index (χ4v) is 1.90. The van der Waals surface area contributed by atoms with Crippen LogP contribution in [0.4, 0.5) is 5.95 Å². The summed E-state index contributed by atoms with van der Waals surface area (Å²) in [4.78, 5) is 20.2. The highest BCUT2D eigenvalue weighted by atomic mass is 79.9. The van der Waals surface area contributed by atoms with Crippen molar-refractivity contribution in [3.63, 3.8) is 0 Å². The number of halogens is 1. The summed E-state index contributed by atoms with van der Waals surface area (Å²) < 4.78 is 5.87. The van der Waals surface area contributed by atoms with Crippen LogP contribution in [0.3, 0.4) is 0 Å². The Morgan fingerprint density at radius 3 is 2.79 bits per heavy atom. The summed E-state index contributed by atoms with van der Waals surface area (Å²) in [7, 11) is 1.52. The second-order valence-electron chi connectivity index (χ2n) is 3.84. The molecule has 6 heteroatoms. The normalized spacial score (nSPS) is 10.1. The van der Waals surface area contributed by atoms with Gasteiger partial charge >= 0.3 is 0 Å². The molecule has 1 aromatic heterocycles. The number of methoxy groups -OCH3 is 1. The molecular weight excluding hydrogens is 310 g/mol. The van der Waals surface area contributed by atoms with Gasteiger partial charge < -0.3 is 4.74 Å². The Morgan fingerprint density at radius 1 is 1.32 bits per heavy atom. The molecule has 19 heavy (non-hydrogen) atoms. The fourth-order valence-electron chi connectivity index (χ4n) is 1.50. The monoisotopic (exact) mass is 321 g/mol. The molecule has 0 aliphatic carbocycles. The molecule has 0 spiro atoms. The Hall–Kier alpha value is -1.95. The molecule has 1 N–H and O–H groups in total.